The van der Waals surface area contributed by atoms with Crippen molar-refractivity contribution >= 4 is 28.6 Å². The third kappa shape index (κ3) is 4.60. The van der Waals surface area contributed by atoms with E-state index >= 15 is 0 Å². The minimum atomic E-state index is 0.620. The van der Waals surface area contributed by atoms with Crippen LogP contribution in [-0.4, -0.2) is 37.2 Å². The Morgan fingerprint density at radius 2 is 1.93 bits per heavy atom. The van der Waals surface area contributed by atoms with Gasteiger partial charge in [-0.25, -0.2) is 9.97 Å². The Morgan fingerprint density at radius 3 is 2.70 bits per heavy atom. The van der Waals surface area contributed by atoms with Gasteiger partial charge in [-0.1, -0.05) is 19.3 Å². The molecule has 0 bridgehead atoms. The van der Waals surface area contributed by atoms with Gasteiger partial charge in [-0.2, -0.15) is 10.1 Å². The van der Waals surface area contributed by atoms with E-state index < -0.39 is 0 Å². The van der Waals surface area contributed by atoms with Crippen molar-refractivity contribution in [3.63, 3.8) is 0 Å². The highest BCUT2D eigenvalue weighted by atomic mass is 15.3. The summed E-state index contributed by atoms with van der Waals surface area (Å²) in [6, 6.07) is 9.64. The average molecular weight is 362 g/mol. The first-order valence-electron chi connectivity index (χ1n) is 9.01. The van der Waals surface area contributed by atoms with Crippen molar-refractivity contribution in [2.45, 2.75) is 25.8 Å². The lowest BCUT2D eigenvalue weighted by molar-refractivity contribution is 0.846. The summed E-state index contributed by atoms with van der Waals surface area (Å²) in [5, 5.41) is 9.89. The van der Waals surface area contributed by atoms with Crippen LogP contribution in [0.3, 0.4) is 0 Å². The van der Waals surface area contributed by atoms with Crippen LogP contribution in [0.15, 0.2) is 48.9 Å². The number of hydrogen-bond acceptors (Lipinski definition) is 6. The molecule has 138 valence electrons. The monoisotopic (exact) mass is 362 g/mol. The number of nitrogens with zero attached hydrogens (tertiary/aromatic N) is 5. The Balaban J connectivity index is 0.000000547. The molecule has 8 heteroatoms. The lowest BCUT2D eigenvalue weighted by Gasteiger charge is -2.17. The highest BCUT2D eigenvalue weighted by molar-refractivity contribution is 5.74. The first-order chi connectivity index (χ1) is 13.3. The predicted molar refractivity (Wildman–Crippen MR) is 106 cm³/mol. The molecule has 5 rings (SSSR count). The van der Waals surface area contributed by atoms with Gasteiger partial charge in [0.15, 0.2) is 0 Å². The zero-order chi connectivity index (χ0) is 18.5. The van der Waals surface area contributed by atoms with Crippen LogP contribution in [0.25, 0.3) is 11.0 Å². The highest BCUT2D eigenvalue weighted by Gasteiger charge is 2.08. The molecule has 3 N–H and O–H groups in total. The Morgan fingerprint density at radius 1 is 1.04 bits per heavy atom. The smallest absolute Gasteiger partial charge is 0.227 e. The van der Waals surface area contributed by atoms with Crippen molar-refractivity contribution in [1.82, 2.24) is 30.1 Å². The summed E-state index contributed by atoms with van der Waals surface area (Å²) in [7, 11) is 1.94. The van der Waals surface area contributed by atoms with Gasteiger partial charge in [0.1, 0.15) is 11.6 Å². The molecule has 1 saturated carbocycles. The molecule has 0 saturated heterocycles. The molecule has 1 aliphatic rings. The zero-order valence-electron chi connectivity index (χ0n) is 15.2. The van der Waals surface area contributed by atoms with E-state index in [-0.39, 0.29) is 0 Å². The van der Waals surface area contributed by atoms with E-state index in [1.54, 1.807) is 12.4 Å². The average Bonchev–Trinajstić information content (AvgIpc) is 3.35. The van der Waals surface area contributed by atoms with Crippen LogP contribution < -0.4 is 10.2 Å². The van der Waals surface area contributed by atoms with Crippen LogP contribution in [0.5, 0.6) is 0 Å². The van der Waals surface area contributed by atoms with Crippen molar-refractivity contribution in [1.29, 1.82) is 0 Å². The van der Waals surface area contributed by atoms with Crippen LogP contribution in [0.4, 0.5) is 17.6 Å². The lowest BCUT2D eigenvalue weighted by atomic mass is 10.3. The van der Waals surface area contributed by atoms with E-state index in [1.807, 2.05) is 48.5 Å². The quantitative estimate of drug-likeness (QED) is 0.501. The molecule has 0 amide bonds. The topological polar surface area (TPSA) is 98.4 Å². The minimum Gasteiger partial charge on any atom is -0.360 e. The van der Waals surface area contributed by atoms with Gasteiger partial charge in [0.25, 0.3) is 0 Å². The number of anilines is 3. The fraction of sp³-hybridized carbons (Fsp3) is 0.263. The number of pyridine rings is 1. The summed E-state index contributed by atoms with van der Waals surface area (Å²) >= 11 is 0. The van der Waals surface area contributed by atoms with Crippen LogP contribution in [-0.2, 0) is 6.54 Å². The van der Waals surface area contributed by atoms with E-state index in [4.69, 9.17) is 0 Å². The second-order valence-corrected chi connectivity index (χ2v) is 6.47. The van der Waals surface area contributed by atoms with Crippen molar-refractivity contribution < 1.29 is 0 Å². The number of H-pyrrole nitrogens is 2. The fourth-order valence-corrected chi connectivity index (χ4v) is 2.44. The van der Waals surface area contributed by atoms with E-state index in [9.17, 15) is 0 Å². The summed E-state index contributed by atoms with van der Waals surface area (Å²) < 4.78 is 0. The molecule has 0 aromatic carbocycles. The van der Waals surface area contributed by atoms with Gasteiger partial charge in [0.05, 0.1) is 29.5 Å². The Labute approximate surface area is 157 Å². The fourth-order valence-electron chi connectivity index (χ4n) is 2.44. The summed E-state index contributed by atoms with van der Waals surface area (Å²) in [5.41, 5.74) is 2.94. The standard InChI is InChI=1S/C16H16N8.C3H6/c1-24(10-11-2-3-12-13(20-11)4-7-17-12)16-18-8-5-14(22-16)21-15-6-9-19-23-15;1-2-3-1/h2-9,17H,10H2,1H3,(H2,18,19,21,22,23);1-3H2. The van der Waals surface area contributed by atoms with Gasteiger partial charge >= 0.3 is 0 Å². The summed E-state index contributed by atoms with van der Waals surface area (Å²) in [6.45, 7) is 0.620. The number of hydrogen-bond donors (Lipinski definition) is 3. The van der Waals surface area contributed by atoms with Gasteiger partial charge in [0.2, 0.25) is 5.95 Å². The molecular weight excluding hydrogens is 340 g/mol. The molecule has 27 heavy (non-hydrogen) atoms. The Kier molecular flexibility index (Phi) is 4.95. The van der Waals surface area contributed by atoms with Gasteiger partial charge in [-0.3, -0.25) is 5.10 Å². The molecule has 0 aliphatic heterocycles. The Bertz CT molecular complexity index is 987. The molecule has 1 aliphatic carbocycles. The molecule has 4 aromatic heterocycles. The van der Waals surface area contributed by atoms with Crippen LogP contribution in [0.2, 0.25) is 0 Å². The third-order valence-electron chi connectivity index (χ3n) is 3.96. The molecule has 0 atom stereocenters. The largest absolute Gasteiger partial charge is 0.360 e. The van der Waals surface area contributed by atoms with Gasteiger partial charge < -0.3 is 15.2 Å². The van der Waals surface area contributed by atoms with E-state index in [2.05, 4.69) is 35.5 Å². The molecular formula is C19H22N8. The number of rotatable bonds is 5. The maximum Gasteiger partial charge on any atom is 0.227 e. The van der Waals surface area contributed by atoms with E-state index in [1.165, 1.54) is 19.3 Å². The summed E-state index contributed by atoms with van der Waals surface area (Å²) in [5.74, 6) is 2.10. The molecule has 1 fully saturated rings. The van der Waals surface area contributed by atoms with Crippen LogP contribution >= 0.6 is 0 Å². The molecule has 0 spiro atoms. The number of nitrogens with one attached hydrogen (secondary N) is 3. The second kappa shape index (κ2) is 7.86. The van der Waals surface area contributed by atoms with Gasteiger partial charge in [-0.15, -0.1) is 0 Å². The van der Waals surface area contributed by atoms with Gasteiger partial charge in [-0.05, 0) is 24.3 Å². The predicted octanol–water partition coefficient (Wildman–Crippen LogP) is 3.63. The molecule has 4 heterocycles. The maximum absolute atomic E-state index is 4.63. The molecule has 0 radical (unpaired) electrons. The van der Waals surface area contributed by atoms with Crippen molar-refractivity contribution in [2.24, 2.45) is 0 Å². The number of fused-ring (bicyclic) bond motifs is 1. The Hall–Kier alpha value is -3.42. The summed E-state index contributed by atoms with van der Waals surface area (Å²) in [6.07, 6.45) is 9.79. The lowest BCUT2D eigenvalue weighted by Crippen LogP contribution is -2.20. The van der Waals surface area contributed by atoms with Gasteiger partial charge in [0, 0.05) is 25.5 Å². The van der Waals surface area contributed by atoms with E-state index in [0.29, 0.717) is 18.3 Å². The van der Waals surface area contributed by atoms with Crippen molar-refractivity contribution in [3.05, 3.63) is 54.6 Å². The first kappa shape index (κ1) is 17.0. The molecule has 0 unspecified atom stereocenters. The van der Waals surface area contributed by atoms with Crippen LogP contribution in [0.1, 0.15) is 25.0 Å². The van der Waals surface area contributed by atoms with Crippen molar-refractivity contribution in [3.8, 4) is 0 Å². The normalized spacial score (nSPS) is 12.3. The SMILES string of the molecule is C1CC1.CN(Cc1ccc2[nH]ccc2n1)c1nccc(Nc2ccn[nH]2)n1. The molecule has 4 aromatic rings. The number of aromatic amines is 2. The van der Waals surface area contributed by atoms with E-state index in [0.717, 1.165) is 22.5 Å². The third-order valence-corrected chi connectivity index (χ3v) is 3.96. The summed E-state index contributed by atoms with van der Waals surface area (Å²) in [4.78, 5) is 18.6. The highest BCUT2D eigenvalue weighted by Crippen LogP contribution is 2.16. The zero-order valence-corrected chi connectivity index (χ0v) is 15.2. The minimum absolute atomic E-state index is 0.620. The number of aromatic nitrogens is 6. The van der Waals surface area contributed by atoms with Crippen LogP contribution in [0, 0.1) is 0 Å². The second-order valence-electron chi connectivity index (χ2n) is 6.47. The maximum atomic E-state index is 4.63. The first-order valence-corrected chi connectivity index (χ1v) is 9.01. The van der Waals surface area contributed by atoms with Crippen molar-refractivity contribution in [2.75, 3.05) is 17.3 Å². The molecule has 8 nitrogen and oxygen atoms in total.